The van der Waals surface area contributed by atoms with Gasteiger partial charge in [0.05, 0.1) is 39.0 Å². The Labute approximate surface area is 317 Å². The zero-order valence-electron chi connectivity index (χ0n) is 29.5. The molecule has 0 amide bonds. The highest BCUT2D eigenvalue weighted by Crippen LogP contribution is 2.46. The topological polar surface area (TPSA) is 9.86 Å². The van der Waals surface area contributed by atoms with E-state index in [0.717, 1.165) is 55.9 Å². The number of benzene rings is 8. The van der Waals surface area contributed by atoms with Gasteiger partial charge in [-0.2, -0.15) is 13.2 Å². The SMILES string of the molecule is Fc1cc(F)cc(-c2cc(-n3c4ccccc4c4ccc(-c5ccccc5)cc43)c(C(F)(F)F)cc2-n2c3ccccc3c3ccc(-c4ccccc4)cc32)c1. The molecule has 0 spiro atoms. The summed E-state index contributed by atoms with van der Waals surface area (Å²) in [6, 6.07) is 51.6. The van der Waals surface area contributed by atoms with Gasteiger partial charge < -0.3 is 9.13 Å². The Balaban J connectivity index is 1.35. The molecular formula is C49H29F5N2. The number of aromatic nitrogens is 2. The molecule has 0 bridgehead atoms. The van der Waals surface area contributed by atoms with Crippen molar-refractivity contribution in [2.75, 3.05) is 0 Å². The van der Waals surface area contributed by atoms with Crippen LogP contribution in [0.25, 0.3) is 88.4 Å². The Morgan fingerprint density at radius 2 is 0.786 bits per heavy atom. The molecule has 0 saturated heterocycles. The van der Waals surface area contributed by atoms with Gasteiger partial charge in [-0.15, -0.1) is 0 Å². The molecule has 8 aromatic carbocycles. The minimum absolute atomic E-state index is 0.100. The smallest absolute Gasteiger partial charge is 0.309 e. The summed E-state index contributed by atoms with van der Waals surface area (Å²) in [6.45, 7) is 0. The summed E-state index contributed by atoms with van der Waals surface area (Å²) in [4.78, 5) is 0. The third-order valence-electron chi connectivity index (χ3n) is 10.6. The van der Waals surface area contributed by atoms with Crippen LogP contribution in [0.2, 0.25) is 0 Å². The van der Waals surface area contributed by atoms with E-state index >= 15 is 22.0 Å². The standard InChI is InChI=1S/C49H29F5N2/c50-35-23-34(24-36(51)27-35)41-28-48(56-44-18-10-8-16-38(44)40-22-20-33(26-46(40)56)31-13-5-2-6-14-31)42(49(52,53)54)29-47(41)55-43-17-9-7-15-37(43)39-21-19-32(25-45(39)55)30-11-3-1-4-12-30/h1-29H. The highest BCUT2D eigenvalue weighted by molar-refractivity contribution is 6.12. The Morgan fingerprint density at radius 1 is 0.339 bits per heavy atom. The van der Waals surface area contributed by atoms with E-state index in [0.29, 0.717) is 22.1 Å². The zero-order chi connectivity index (χ0) is 38.1. The Hall–Kier alpha value is -6.99. The normalized spacial score (nSPS) is 12.0. The molecule has 270 valence electrons. The number of fused-ring (bicyclic) bond motifs is 6. The first-order valence-corrected chi connectivity index (χ1v) is 18.1. The maximum absolute atomic E-state index is 15.8. The molecule has 0 unspecified atom stereocenters. The first kappa shape index (κ1) is 33.6. The van der Waals surface area contributed by atoms with E-state index < -0.39 is 23.4 Å². The first-order chi connectivity index (χ1) is 27.2. The Kier molecular flexibility index (Phi) is 7.68. The summed E-state index contributed by atoms with van der Waals surface area (Å²) in [5.74, 6) is -1.68. The molecule has 0 radical (unpaired) electrons. The molecule has 10 rings (SSSR count). The highest BCUT2D eigenvalue weighted by atomic mass is 19.4. The monoisotopic (exact) mass is 740 g/mol. The van der Waals surface area contributed by atoms with Crippen LogP contribution in [0.3, 0.4) is 0 Å². The van der Waals surface area contributed by atoms with E-state index in [-0.39, 0.29) is 22.5 Å². The third-order valence-corrected chi connectivity index (χ3v) is 10.6. The second-order valence-electron chi connectivity index (χ2n) is 13.9. The van der Waals surface area contributed by atoms with E-state index in [1.165, 1.54) is 18.2 Å². The molecule has 2 nitrogen and oxygen atoms in total. The van der Waals surface area contributed by atoms with Crippen LogP contribution in [0.4, 0.5) is 22.0 Å². The molecule has 0 atom stereocenters. The molecule has 2 aromatic heterocycles. The van der Waals surface area contributed by atoms with Crippen LogP contribution in [0.1, 0.15) is 5.56 Å². The molecule has 7 heteroatoms. The molecule has 0 aliphatic rings. The summed E-state index contributed by atoms with van der Waals surface area (Å²) < 4.78 is 81.3. The van der Waals surface area contributed by atoms with Crippen LogP contribution in [0.5, 0.6) is 0 Å². The minimum Gasteiger partial charge on any atom is -0.309 e. The lowest BCUT2D eigenvalue weighted by Crippen LogP contribution is -2.13. The van der Waals surface area contributed by atoms with Crippen LogP contribution < -0.4 is 0 Å². The van der Waals surface area contributed by atoms with Gasteiger partial charge >= 0.3 is 6.18 Å². The fraction of sp³-hybridized carbons (Fsp3) is 0.0204. The van der Waals surface area contributed by atoms with Gasteiger partial charge in [0.2, 0.25) is 0 Å². The average molecular weight is 741 g/mol. The number of alkyl halides is 3. The van der Waals surface area contributed by atoms with Crippen molar-refractivity contribution in [1.29, 1.82) is 0 Å². The highest BCUT2D eigenvalue weighted by Gasteiger charge is 2.37. The summed E-state index contributed by atoms with van der Waals surface area (Å²) in [5.41, 5.74) is 5.37. The number of rotatable bonds is 5. The number of hydrogen-bond donors (Lipinski definition) is 0. The second kappa shape index (κ2) is 12.8. The summed E-state index contributed by atoms with van der Waals surface area (Å²) >= 11 is 0. The summed E-state index contributed by atoms with van der Waals surface area (Å²) in [6.07, 6.45) is -4.83. The summed E-state index contributed by atoms with van der Waals surface area (Å²) in [7, 11) is 0. The van der Waals surface area contributed by atoms with Crippen LogP contribution in [0, 0.1) is 11.6 Å². The molecule has 56 heavy (non-hydrogen) atoms. The fourth-order valence-corrected chi connectivity index (χ4v) is 8.19. The van der Waals surface area contributed by atoms with Crippen molar-refractivity contribution >= 4 is 43.6 Å². The van der Waals surface area contributed by atoms with Crippen LogP contribution in [0.15, 0.2) is 176 Å². The number of hydrogen-bond acceptors (Lipinski definition) is 0. The van der Waals surface area contributed by atoms with Crippen molar-refractivity contribution in [2.24, 2.45) is 0 Å². The van der Waals surface area contributed by atoms with Gasteiger partial charge in [-0.1, -0.05) is 121 Å². The van der Waals surface area contributed by atoms with Crippen molar-refractivity contribution in [1.82, 2.24) is 9.13 Å². The summed E-state index contributed by atoms with van der Waals surface area (Å²) in [5, 5.41) is 3.19. The Morgan fingerprint density at radius 3 is 1.29 bits per heavy atom. The lowest BCUT2D eigenvalue weighted by atomic mass is 9.98. The second-order valence-corrected chi connectivity index (χ2v) is 13.9. The maximum atomic E-state index is 15.8. The average Bonchev–Trinajstić information content (AvgIpc) is 3.72. The van der Waals surface area contributed by atoms with E-state index in [2.05, 4.69) is 0 Å². The fourth-order valence-electron chi connectivity index (χ4n) is 8.19. The number of para-hydroxylation sites is 2. The van der Waals surface area contributed by atoms with Crippen LogP contribution in [-0.4, -0.2) is 9.13 Å². The van der Waals surface area contributed by atoms with Gasteiger partial charge in [-0.3, -0.25) is 0 Å². The quantitative estimate of drug-likeness (QED) is 0.156. The van der Waals surface area contributed by atoms with Gasteiger partial charge in [0, 0.05) is 33.2 Å². The van der Waals surface area contributed by atoms with E-state index in [9.17, 15) is 0 Å². The molecule has 0 fully saturated rings. The van der Waals surface area contributed by atoms with Gasteiger partial charge in [0.15, 0.2) is 0 Å². The van der Waals surface area contributed by atoms with E-state index in [4.69, 9.17) is 0 Å². The zero-order valence-corrected chi connectivity index (χ0v) is 29.5. The maximum Gasteiger partial charge on any atom is 0.418 e. The van der Waals surface area contributed by atoms with Crippen molar-refractivity contribution in [3.05, 3.63) is 193 Å². The van der Waals surface area contributed by atoms with E-state index in [1.54, 1.807) is 21.3 Å². The molecule has 2 heterocycles. The minimum atomic E-state index is -4.83. The molecule has 0 aliphatic carbocycles. The Bertz CT molecular complexity index is 3120. The third kappa shape index (κ3) is 5.46. The molecule has 0 aliphatic heterocycles. The van der Waals surface area contributed by atoms with Crippen LogP contribution in [-0.2, 0) is 6.18 Å². The van der Waals surface area contributed by atoms with Gasteiger partial charge in [-0.05, 0) is 76.3 Å². The molecular weight excluding hydrogens is 712 g/mol. The largest absolute Gasteiger partial charge is 0.418 e. The number of nitrogens with zero attached hydrogens (tertiary/aromatic N) is 2. The molecule has 10 aromatic rings. The first-order valence-electron chi connectivity index (χ1n) is 18.1. The number of halogens is 5. The van der Waals surface area contributed by atoms with Crippen LogP contribution >= 0.6 is 0 Å². The van der Waals surface area contributed by atoms with Crippen molar-refractivity contribution < 1.29 is 22.0 Å². The molecule has 0 saturated carbocycles. The van der Waals surface area contributed by atoms with Gasteiger partial charge in [0.25, 0.3) is 0 Å². The lowest BCUT2D eigenvalue weighted by Gasteiger charge is -2.22. The van der Waals surface area contributed by atoms with Crippen molar-refractivity contribution in [3.63, 3.8) is 0 Å². The van der Waals surface area contributed by atoms with Gasteiger partial charge in [-0.25, -0.2) is 8.78 Å². The molecule has 0 N–H and O–H groups in total. The van der Waals surface area contributed by atoms with E-state index in [1.807, 2.05) is 133 Å². The van der Waals surface area contributed by atoms with Crippen molar-refractivity contribution in [2.45, 2.75) is 6.18 Å². The van der Waals surface area contributed by atoms with Gasteiger partial charge in [0.1, 0.15) is 11.6 Å². The lowest BCUT2D eigenvalue weighted by molar-refractivity contribution is -0.137. The predicted molar refractivity (Wildman–Crippen MR) is 216 cm³/mol. The van der Waals surface area contributed by atoms with Crippen molar-refractivity contribution in [3.8, 4) is 44.8 Å². The predicted octanol–water partition coefficient (Wildman–Crippen LogP) is 14.2.